The number of rotatable bonds is 4. The van der Waals surface area contributed by atoms with Crippen molar-refractivity contribution in [1.29, 1.82) is 0 Å². The Balaban J connectivity index is 1.85. The molecule has 8 heteroatoms. The first-order chi connectivity index (χ1) is 8.66. The topological polar surface area (TPSA) is 85.6 Å². The molecule has 0 aliphatic rings. The summed E-state index contributed by atoms with van der Waals surface area (Å²) in [6.45, 7) is 0.454. The fraction of sp³-hybridized carbons (Fsp3) is 0.300. The van der Waals surface area contributed by atoms with E-state index in [0.29, 0.717) is 13.0 Å². The van der Waals surface area contributed by atoms with Gasteiger partial charge in [-0.15, -0.1) is 10.2 Å². The zero-order valence-electron chi connectivity index (χ0n) is 9.67. The highest BCUT2D eigenvalue weighted by Gasteiger charge is 2.08. The second kappa shape index (κ2) is 5.54. The minimum Gasteiger partial charge on any atom is -0.350 e. The molecule has 0 unspecified atom stereocenters. The lowest BCUT2D eigenvalue weighted by molar-refractivity contribution is 0.0948. The minimum absolute atomic E-state index is 0.234. The first-order valence-electron chi connectivity index (χ1n) is 5.25. The molecule has 1 N–H and O–H groups in total. The lowest BCUT2D eigenvalue weighted by Crippen LogP contribution is -2.27. The third-order valence-corrected chi connectivity index (χ3v) is 2.49. The molecule has 18 heavy (non-hydrogen) atoms. The van der Waals surface area contributed by atoms with E-state index < -0.39 is 0 Å². The highest BCUT2D eigenvalue weighted by Crippen LogP contribution is 2.01. The molecule has 2 heterocycles. The van der Waals surface area contributed by atoms with E-state index in [-0.39, 0.29) is 16.8 Å². The third kappa shape index (κ3) is 3.01. The predicted molar refractivity (Wildman–Crippen MR) is 64.1 cm³/mol. The van der Waals surface area contributed by atoms with Crippen LogP contribution in [-0.4, -0.2) is 37.2 Å². The van der Waals surface area contributed by atoms with Gasteiger partial charge in [0.2, 0.25) is 0 Å². The van der Waals surface area contributed by atoms with Gasteiger partial charge >= 0.3 is 0 Å². The van der Waals surface area contributed by atoms with Crippen LogP contribution in [0.4, 0.5) is 0 Å². The maximum Gasteiger partial charge on any atom is 0.271 e. The Hall–Kier alpha value is -2.02. The lowest BCUT2D eigenvalue weighted by Gasteiger charge is -2.03. The second-order valence-electron chi connectivity index (χ2n) is 3.59. The van der Waals surface area contributed by atoms with E-state index >= 15 is 0 Å². The van der Waals surface area contributed by atoms with Crippen LogP contribution in [-0.2, 0) is 13.5 Å². The summed E-state index contributed by atoms with van der Waals surface area (Å²) >= 11 is 5.58. The van der Waals surface area contributed by atoms with Crippen LogP contribution in [0, 0.1) is 0 Å². The first-order valence-corrected chi connectivity index (χ1v) is 5.63. The van der Waals surface area contributed by atoms with E-state index in [1.165, 1.54) is 12.4 Å². The molecular weight excluding hydrogens is 256 g/mol. The number of nitrogens with one attached hydrogen (secondary N) is 1. The molecule has 0 saturated carbocycles. The Bertz CT molecular complexity index is 538. The first kappa shape index (κ1) is 12.4. The summed E-state index contributed by atoms with van der Waals surface area (Å²) in [5.74, 6) is 0.513. The van der Waals surface area contributed by atoms with Crippen molar-refractivity contribution in [2.24, 2.45) is 7.05 Å². The van der Waals surface area contributed by atoms with Gasteiger partial charge in [0, 0.05) is 20.0 Å². The molecule has 0 aromatic carbocycles. The number of halogens is 1. The monoisotopic (exact) mass is 266 g/mol. The smallest absolute Gasteiger partial charge is 0.271 e. The van der Waals surface area contributed by atoms with E-state index in [9.17, 15) is 4.79 Å². The molecule has 7 nitrogen and oxygen atoms in total. The molecule has 0 aliphatic heterocycles. The number of carbonyl (C=O) groups excluding carboxylic acids is 1. The van der Waals surface area contributed by atoms with Gasteiger partial charge in [0.1, 0.15) is 23.0 Å². The maximum atomic E-state index is 11.7. The van der Waals surface area contributed by atoms with E-state index in [4.69, 9.17) is 11.6 Å². The zero-order chi connectivity index (χ0) is 13.0. The average Bonchev–Trinajstić information content (AvgIpc) is 2.76. The van der Waals surface area contributed by atoms with Crippen molar-refractivity contribution >= 4 is 17.5 Å². The van der Waals surface area contributed by atoms with Gasteiger partial charge in [-0.2, -0.15) is 0 Å². The van der Waals surface area contributed by atoms with Crippen LogP contribution >= 0.6 is 11.6 Å². The van der Waals surface area contributed by atoms with Crippen molar-refractivity contribution in [2.45, 2.75) is 6.42 Å². The van der Waals surface area contributed by atoms with Gasteiger partial charge in [-0.05, 0) is 0 Å². The van der Waals surface area contributed by atoms with Crippen molar-refractivity contribution in [3.63, 3.8) is 0 Å². The number of nitrogens with zero attached hydrogens (tertiary/aromatic N) is 5. The highest BCUT2D eigenvalue weighted by atomic mass is 35.5. The van der Waals surface area contributed by atoms with Crippen molar-refractivity contribution in [3.05, 3.63) is 35.4 Å². The van der Waals surface area contributed by atoms with Crippen LogP contribution in [0.2, 0.25) is 5.15 Å². The summed E-state index contributed by atoms with van der Waals surface area (Å²) in [6.07, 6.45) is 4.88. The molecule has 0 bridgehead atoms. The summed E-state index contributed by atoms with van der Waals surface area (Å²) in [5, 5.41) is 10.6. The number of hydrogen-bond acceptors (Lipinski definition) is 5. The van der Waals surface area contributed by atoms with Gasteiger partial charge in [0.15, 0.2) is 0 Å². The predicted octanol–water partition coefficient (Wildman–Crippen LogP) is 0.231. The molecule has 0 radical (unpaired) electrons. The van der Waals surface area contributed by atoms with Crippen LogP contribution < -0.4 is 5.32 Å². The van der Waals surface area contributed by atoms with Gasteiger partial charge in [0.05, 0.1) is 12.4 Å². The second-order valence-corrected chi connectivity index (χ2v) is 3.98. The molecule has 1 amide bonds. The SMILES string of the molecule is Cn1cnnc1CCNC(=O)c1cnc(Cl)cn1. The summed E-state index contributed by atoms with van der Waals surface area (Å²) in [6, 6.07) is 0. The molecule has 0 aliphatic carbocycles. The third-order valence-electron chi connectivity index (χ3n) is 2.29. The van der Waals surface area contributed by atoms with Gasteiger partial charge in [-0.3, -0.25) is 4.79 Å². The van der Waals surface area contributed by atoms with Gasteiger partial charge in [0.25, 0.3) is 5.91 Å². The average molecular weight is 267 g/mol. The Morgan fingerprint density at radius 1 is 1.44 bits per heavy atom. The fourth-order valence-corrected chi connectivity index (χ4v) is 1.44. The number of aromatic nitrogens is 5. The highest BCUT2D eigenvalue weighted by molar-refractivity contribution is 6.29. The molecule has 0 atom stereocenters. The molecule has 2 aromatic heterocycles. The fourth-order valence-electron chi connectivity index (χ4n) is 1.34. The Morgan fingerprint density at radius 3 is 2.89 bits per heavy atom. The molecule has 2 aromatic rings. The van der Waals surface area contributed by atoms with Gasteiger partial charge in [-0.1, -0.05) is 11.6 Å². The summed E-state index contributed by atoms with van der Waals surface area (Å²) < 4.78 is 1.80. The maximum absolute atomic E-state index is 11.7. The molecule has 94 valence electrons. The van der Waals surface area contributed by atoms with Crippen molar-refractivity contribution in [3.8, 4) is 0 Å². The van der Waals surface area contributed by atoms with Crippen LogP contribution in [0.25, 0.3) is 0 Å². The van der Waals surface area contributed by atoms with Gasteiger partial charge in [-0.25, -0.2) is 9.97 Å². The standard InChI is InChI=1S/C10H11ClN6O/c1-17-6-15-16-9(17)2-3-12-10(18)7-4-14-8(11)5-13-7/h4-6H,2-3H2,1H3,(H,12,18). The van der Waals surface area contributed by atoms with Crippen LogP contribution in [0.5, 0.6) is 0 Å². The van der Waals surface area contributed by atoms with Crippen LogP contribution in [0.1, 0.15) is 16.3 Å². The zero-order valence-corrected chi connectivity index (χ0v) is 10.4. The largest absolute Gasteiger partial charge is 0.350 e. The lowest BCUT2D eigenvalue weighted by atomic mass is 10.3. The normalized spacial score (nSPS) is 10.3. The number of hydrogen-bond donors (Lipinski definition) is 1. The van der Waals surface area contributed by atoms with Crippen molar-refractivity contribution < 1.29 is 4.79 Å². The number of amides is 1. The van der Waals surface area contributed by atoms with Crippen LogP contribution in [0.3, 0.4) is 0 Å². The molecule has 0 saturated heterocycles. The van der Waals surface area contributed by atoms with Gasteiger partial charge < -0.3 is 9.88 Å². The van der Waals surface area contributed by atoms with E-state index in [2.05, 4.69) is 25.5 Å². The quantitative estimate of drug-likeness (QED) is 0.856. The summed E-state index contributed by atoms with van der Waals surface area (Å²) in [5.41, 5.74) is 0.234. The Labute approximate surface area is 108 Å². The molecule has 0 spiro atoms. The summed E-state index contributed by atoms with van der Waals surface area (Å²) in [7, 11) is 1.85. The van der Waals surface area contributed by atoms with E-state index in [1.807, 2.05) is 7.05 Å². The van der Waals surface area contributed by atoms with Crippen LogP contribution in [0.15, 0.2) is 18.7 Å². The molecule has 0 fully saturated rings. The van der Waals surface area contributed by atoms with E-state index in [1.54, 1.807) is 10.9 Å². The Morgan fingerprint density at radius 2 is 2.28 bits per heavy atom. The minimum atomic E-state index is -0.290. The van der Waals surface area contributed by atoms with Crippen molar-refractivity contribution in [2.75, 3.05) is 6.54 Å². The molecular formula is C10H11ClN6O. The number of aryl methyl sites for hydroxylation is 1. The molecule has 2 rings (SSSR count). The van der Waals surface area contributed by atoms with E-state index in [0.717, 1.165) is 5.82 Å². The van der Waals surface area contributed by atoms with Crippen molar-refractivity contribution in [1.82, 2.24) is 30.0 Å². The summed E-state index contributed by atoms with van der Waals surface area (Å²) in [4.78, 5) is 19.3. The number of carbonyl (C=O) groups is 1. The Kier molecular flexibility index (Phi) is 3.83.